The number of nitrogens with one attached hydrogen (secondary N) is 1. The smallest absolute Gasteiger partial charge is 0.238 e. The van der Waals surface area contributed by atoms with E-state index in [1.807, 2.05) is 60.4 Å². The number of Topliss-reactive ketones (excluding diaryl/α,β-unsaturated/α-hetero) is 2. The Morgan fingerprint density at radius 2 is 1.46 bits per heavy atom. The Morgan fingerprint density at radius 3 is 2.15 bits per heavy atom. The molecule has 202 valence electrons. The average Bonchev–Trinajstić information content (AvgIpc) is 3.45. The lowest BCUT2D eigenvalue weighted by atomic mass is 9.64. The molecule has 1 fully saturated rings. The number of nitrogens with zero attached hydrogens (tertiary/aromatic N) is 1. The first-order valence-corrected chi connectivity index (χ1v) is 14.1. The van der Waals surface area contributed by atoms with E-state index in [9.17, 15) is 14.4 Å². The number of ketones is 2. The zero-order valence-corrected chi connectivity index (χ0v) is 23.5. The van der Waals surface area contributed by atoms with Crippen LogP contribution in [0.5, 0.6) is 0 Å². The Morgan fingerprint density at radius 1 is 0.829 bits per heavy atom. The van der Waals surface area contributed by atoms with Crippen molar-refractivity contribution in [2.75, 3.05) is 10.2 Å². The van der Waals surface area contributed by atoms with E-state index in [-0.39, 0.29) is 17.5 Å². The number of rotatable bonds is 4. The van der Waals surface area contributed by atoms with Crippen LogP contribution >= 0.6 is 23.2 Å². The van der Waals surface area contributed by atoms with Crippen molar-refractivity contribution in [3.63, 3.8) is 0 Å². The second-order valence-corrected chi connectivity index (χ2v) is 11.7. The molecule has 1 spiro atoms. The highest BCUT2D eigenvalue weighted by Crippen LogP contribution is 2.58. The summed E-state index contributed by atoms with van der Waals surface area (Å²) in [6.45, 7) is 2.01. The highest BCUT2D eigenvalue weighted by molar-refractivity contribution is 6.31. The Bertz CT molecular complexity index is 1780. The number of halogens is 2. The Labute approximate surface area is 247 Å². The van der Waals surface area contributed by atoms with Gasteiger partial charge in [-0.3, -0.25) is 14.4 Å². The van der Waals surface area contributed by atoms with Crippen LogP contribution in [0.15, 0.2) is 97.1 Å². The first kappa shape index (κ1) is 25.8. The molecule has 3 heterocycles. The van der Waals surface area contributed by atoms with Gasteiger partial charge in [0.1, 0.15) is 11.5 Å². The standard InChI is InChI=1S/C34H24Cl2N2O3/c1-19-6-16-27-22(18-19)11-17-28-34(25-4-2-3-5-26(25)37-33(34)41)29(31(39)20-7-12-23(35)13-8-20)30(38(27)28)32(40)21-9-14-24(36)15-10-21/h2-18,28-30H,1H3,(H,37,41)/t28-,29-,30+,34-/m1/s1. The first-order chi connectivity index (χ1) is 19.8. The molecule has 5 nitrogen and oxygen atoms in total. The number of benzene rings is 4. The van der Waals surface area contributed by atoms with Gasteiger partial charge in [-0.15, -0.1) is 0 Å². The number of aryl methyl sites for hydroxylation is 1. The van der Waals surface area contributed by atoms with Gasteiger partial charge in [-0.25, -0.2) is 0 Å². The van der Waals surface area contributed by atoms with Crippen molar-refractivity contribution in [3.05, 3.63) is 135 Å². The predicted molar refractivity (Wildman–Crippen MR) is 162 cm³/mol. The fraction of sp³-hybridized carbons (Fsp3) is 0.147. The summed E-state index contributed by atoms with van der Waals surface area (Å²) in [6, 6.07) is 25.2. The summed E-state index contributed by atoms with van der Waals surface area (Å²) in [5.74, 6) is -1.89. The number of anilines is 2. The number of carbonyl (C=O) groups is 3. The summed E-state index contributed by atoms with van der Waals surface area (Å²) >= 11 is 12.3. The lowest BCUT2D eigenvalue weighted by Gasteiger charge is -2.37. The highest BCUT2D eigenvalue weighted by Gasteiger charge is 2.70. The van der Waals surface area contributed by atoms with Gasteiger partial charge < -0.3 is 10.2 Å². The zero-order chi connectivity index (χ0) is 28.5. The molecule has 7 rings (SSSR count). The molecular weight excluding hydrogens is 555 g/mol. The van der Waals surface area contributed by atoms with Crippen LogP contribution in [0.25, 0.3) is 6.08 Å². The third-order valence-electron chi connectivity index (χ3n) is 8.60. The normalized spacial score (nSPS) is 23.6. The number of amides is 1. The number of para-hydroxylation sites is 1. The van der Waals surface area contributed by atoms with E-state index >= 15 is 0 Å². The second kappa shape index (κ2) is 9.44. The summed E-state index contributed by atoms with van der Waals surface area (Å²) in [6.07, 6.45) is 3.97. The summed E-state index contributed by atoms with van der Waals surface area (Å²) in [7, 11) is 0. The van der Waals surface area contributed by atoms with Crippen molar-refractivity contribution >= 4 is 58.1 Å². The van der Waals surface area contributed by atoms with Gasteiger partial charge in [0.2, 0.25) is 5.91 Å². The third kappa shape index (κ3) is 3.73. The molecule has 4 aromatic carbocycles. The molecule has 1 saturated heterocycles. The quantitative estimate of drug-likeness (QED) is 0.261. The topological polar surface area (TPSA) is 66.5 Å². The molecule has 41 heavy (non-hydrogen) atoms. The monoisotopic (exact) mass is 578 g/mol. The van der Waals surface area contributed by atoms with Crippen LogP contribution in [0.1, 0.15) is 37.4 Å². The average molecular weight is 579 g/mol. The van der Waals surface area contributed by atoms with Gasteiger partial charge in [0.05, 0.1) is 12.0 Å². The van der Waals surface area contributed by atoms with Crippen LogP contribution in [0.2, 0.25) is 10.0 Å². The third-order valence-corrected chi connectivity index (χ3v) is 9.10. The van der Waals surface area contributed by atoms with Crippen molar-refractivity contribution in [2.45, 2.75) is 24.4 Å². The van der Waals surface area contributed by atoms with Crippen molar-refractivity contribution in [1.82, 2.24) is 0 Å². The Hall–Kier alpha value is -4.19. The van der Waals surface area contributed by atoms with Crippen LogP contribution in [0, 0.1) is 12.8 Å². The molecule has 4 atom stereocenters. The minimum atomic E-state index is -1.36. The highest BCUT2D eigenvalue weighted by atomic mass is 35.5. The molecular formula is C34H24Cl2N2O3. The Kier molecular flexibility index (Phi) is 5.93. The summed E-state index contributed by atoms with van der Waals surface area (Å²) < 4.78 is 0. The minimum Gasteiger partial charge on any atom is -0.352 e. The fourth-order valence-electron chi connectivity index (χ4n) is 6.88. The summed E-state index contributed by atoms with van der Waals surface area (Å²) in [4.78, 5) is 45.7. The molecule has 7 heteroatoms. The van der Waals surface area contributed by atoms with E-state index in [2.05, 4.69) is 11.4 Å². The molecule has 0 radical (unpaired) electrons. The van der Waals surface area contributed by atoms with E-state index in [1.165, 1.54) is 0 Å². The second-order valence-electron chi connectivity index (χ2n) is 10.8. The molecule has 3 aliphatic rings. The van der Waals surface area contributed by atoms with E-state index < -0.39 is 23.4 Å². The van der Waals surface area contributed by atoms with Gasteiger partial charge in [-0.05, 0) is 84.8 Å². The minimum absolute atomic E-state index is 0.255. The maximum absolute atomic E-state index is 14.7. The lowest BCUT2D eigenvalue weighted by molar-refractivity contribution is -0.121. The summed E-state index contributed by atoms with van der Waals surface area (Å²) in [5.41, 5.74) is 3.60. The zero-order valence-electron chi connectivity index (χ0n) is 22.0. The van der Waals surface area contributed by atoms with Crippen molar-refractivity contribution in [2.24, 2.45) is 5.92 Å². The van der Waals surface area contributed by atoms with Gasteiger partial charge in [-0.1, -0.05) is 65.2 Å². The molecule has 0 bridgehead atoms. The molecule has 0 unspecified atom stereocenters. The first-order valence-electron chi connectivity index (χ1n) is 13.4. The van der Waals surface area contributed by atoms with Gasteiger partial charge in [0, 0.05) is 32.5 Å². The Balaban J connectivity index is 1.53. The fourth-order valence-corrected chi connectivity index (χ4v) is 7.13. The summed E-state index contributed by atoms with van der Waals surface area (Å²) in [5, 5.41) is 4.04. The number of carbonyl (C=O) groups excluding carboxylic acids is 3. The maximum atomic E-state index is 14.7. The SMILES string of the molecule is Cc1ccc2c(c1)C=C[C@H]1N2[C@H](C(=O)c2ccc(Cl)cc2)[C@H](C(=O)c2ccc(Cl)cc2)[C@]12C(=O)Nc1ccccc12. The van der Waals surface area contributed by atoms with Crippen LogP contribution in [-0.4, -0.2) is 29.6 Å². The molecule has 3 aliphatic heterocycles. The van der Waals surface area contributed by atoms with Gasteiger partial charge in [0.25, 0.3) is 0 Å². The van der Waals surface area contributed by atoms with Gasteiger partial charge >= 0.3 is 0 Å². The van der Waals surface area contributed by atoms with Crippen LogP contribution in [0.4, 0.5) is 11.4 Å². The van der Waals surface area contributed by atoms with Crippen molar-refractivity contribution < 1.29 is 14.4 Å². The van der Waals surface area contributed by atoms with Crippen molar-refractivity contribution in [3.8, 4) is 0 Å². The lowest BCUT2D eigenvalue weighted by Crippen LogP contribution is -2.51. The molecule has 0 saturated carbocycles. The van der Waals surface area contributed by atoms with Crippen molar-refractivity contribution in [1.29, 1.82) is 0 Å². The van der Waals surface area contributed by atoms with Crippen LogP contribution in [0.3, 0.4) is 0 Å². The predicted octanol–water partition coefficient (Wildman–Crippen LogP) is 7.16. The van der Waals surface area contributed by atoms with Gasteiger partial charge in [-0.2, -0.15) is 0 Å². The largest absolute Gasteiger partial charge is 0.352 e. The number of fused-ring (bicyclic) bond motifs is 6. The van der Waals surface area contributed by atoms with Gasteiger partial charge in [0.15, 0.2) is 11.6 Å². The maximum Gasteiger partial charge on any atom is 0.238 e. The van der Waals surface area contributed by atoms with E-state index in [4.69, 9.17) is 23.2 Å². The molecule has 0 aliphatic carbocycles. The van der Waals surface area contributed by atoms with Crippen LogP contribution in [-0.2, 0) is 10.2 Å². The number of hydrogen-bond donors (Lipinski definition) is 1. The molecule has 4 aromatic rings. The molecule has 1 N–H and O–H groups in total. The molecule has 1 amide bonds. The molecule has 0 aromatic heterocycles. The van der Waals surface area contributed by atoms with E-state index in [0.717, 1.165) is 16.8 Å². The van der Waals surface area contributed by atoms with E-state index in [0.29, 0.717) is 32.4 Å². The number of hydrogen-bond acceptors (Lipinski definition) is 4. The van der Waals surface area contributed by atoms with Crippen LogP contribution < -0.4 is 10.2 Å². The van der Waals surface area contributed by atoms with E-state index in [1.54, 1.807) is 48.5 Å².